The molecule has 3 atom stereocenters. The molecule has 218 valence electrons. The largest absolute Gasteiger partial charge is 0.452 e. The third-order valence-corrected chi connectivity index (χ3v) is 10.2. The van der Waals surface area contributed by atoms with Gasteiger partial charge >= 0.3 is 6.01 Å². The van der Waals surface area contributed by atoms with Crippen molar-refractivity contribution < 1.29 is 18.7 Å². The Labute approximate surface area is 244 Å². The van der Waals surface area contributed by atoms with E-state index in [9.17, 15) is 14.0 Å². The number of benzene rings is 1. The number of thioether (sulfide) groups is 1. The summed E-state index contributed by atoms with van der Waals surface area (Å²) in [6.07, 6.45) is 5.41. The molecule has 0 saturated carbocycles. The minimum absolute atomic E-state index is 0.0364. The number of halogens is 1. The molecule has 1 aromatic heterocycles. The van der Waals surface area contributed by atoms with Crippen molar-refractivity contribution in [2.24, 2.45) is 0 Å². The van der Waals surface area contributed by atoms with Crippen LogP contribution in [0.2, 0.25) is 0 Å². The van der Waals surface area contributed by atoms with Crippen LogP contribution in [0.15, 0.2) is 36.7 Å². The molecule has 1 aromatic carbocycles. The summed E-state index contributed by atoms with van der Waals surface area (Å²) in [6.45, 7) is 7.27. The van der Waals surface area contributed by atoms with E-state index in [1.807, 2.05) is 19.1 Å². The van der Waals surface area contributed by atoms with Gasteiger partial charge in [-0.15, -0.1) is 11.8 Å². The summed E-state index contributed by atoms with van der Waals surface area (Å²) in [4.78, 5) is 41.7. The molecule has 0 radical (unpaired) electrons. The molecule has 2 saturated heterocycles. The molecule has 1 spiro atoms. The van der Waals surface area contributed by atoms with Crippen molar-refractivity contribution in [1.29, 1.82) is 0 Å². The molecule has 1 aliphatic carbocycles. The summed E-state index contributed by atoms with van der Waals surface area (Å²) >= 11 is 1.74. The van der Waals surface area contributed by atoms with Crippen molar-refractivity contribution in [2.45, 2.75) is 62.3 Å². The van der Waals surface area contributed by atoms with Gasteiger partial charge in [-0.1, -0.05) is 30.8 Å². The Bertz CT molecular complexity index is 1370. The highest BCUT2D eigenvalue weighted by molar-refractivity contribution is 7.99. The fourth-order valence-electron chi connectivity index (χ4n) is 6.82. The van der Waals surface area contributed by atoms with E-state index in [1.165, 1.54) is 16.9 Å². The quantitative estimate of drug-likeness (QED) is 0.407. The van der Waals surface area contributed by atoms with Crippen molar-refractivity contribution in [3.05, 3.63) is 53.5 Å². The fraction of sp³-hybridized carbons (Fsp3) is 0.533. The molecule has 2 amide bonds. The Kier molecular flexibility index (Phi) is 7.67. The lowest BCUT2D eigenvalue weighted by atomic mass is 9.65. The van der Waals surface area contributed by atoms with E-state index < -0.39 is 17.1 Å². The lowest BCUT2D eigenvalue weighted by Crippen LogP contribution is -2.55. The zero-order valence-electron chi connectivity index (χ0n) is 23.7. The highest BCUT2D eigenvalue weighted by Gasteiger charge is 2.48. The van der Waals surface area contributed by atoms with Gasteiger partial charge in [0.15, 0.2) is 11.6 Å². The van der Waals surface area contributed by atoms with Crippen molar-refractivity contribution in [3.63, 3.8) is 0 Å². The second kappa shape index (κ2) is 11.2. The second-order valence-electron chi connectivity index (χ2n) is 11.6. The minimum Gasteiger partial charge on any atom is -0.452 e. The topological polar surface area (TPSA) is 90.9 Å². The number of nitrogens with zero attached hydrogens (tertiary/aromatic N) is 5. The molecular weight excluding hydrogens is 543 g/mol. The van der Waals surface area contributed by atoms with Gasteiger partial charge in [0.25, 0.3) is 5.91 Å². The van der Waals surface area contributed by atoms with Crippen LogP contribution in [0, 0.1) is 0 Å². The first kappa shape index (κ1) is 28.0. The molecule has 41 heavy (non-hydrogen) atoms. The Balaban J connectivity index is 1.33. The van der Waals surface area contributed by atoms with Crippen LogP contribution < -0.4 is 15.0 Å². The van der Waals surface area contributed by atoms with Crippen LogP contribution in [0.25, 0.3) is 0 Å². The highest BCUT2D eigenvalue weighted by Crippen LogP contribution is 2.46. The monoisotopic (exact) mass is 580 g/mol. The van der Waals surface area contributed by atoms with E-state index in [4.69, 9.17) is 14.7 Å². The average molecular weight is 581 g/mol. The molecule has 3 aliphatic heterocycles. The number of piperazine rings is 1. The van der Waals surface area contributed by atoms with E-state index in [2.05, 4.69) is 40.9 Å². The first-order valence-electron chi connectivity index (χ1n) is 14.4. The van der Waals surface area contributed by atoms with Gasteiger partial charge in [0.05, 0.1) is 16.5 Å². The molecule has 2 aromatic rings. The first-order chi connectivity index (χ1) is 19.8. The van der Waals surface area contributed by atoms with Crippen molar-refractivity contribution in [2.75, 3.05) is 49.4 Å². The normalized spacial score (nSPS) is 26.0. The maximum Gasteiger partial charge on any atom is 0.319 e. The number of aryl methyl sites for hydroxylation is 1. The number of nitrogens with one attached hydrogen (secondary N) is 1. The predicted octanol–water partition coefficient (Wildman–Crippen LogP) is 3.89. The molecule has 6 rings (SSSR count). The van der Waals surface area contributed by atoms with E-state index in [1.54, 1.807) is 11.8 Å². The Morgan fingerprint density at radius 3 is 2.83 bits per heavy atom. The smallest absolute Gasteiger partial charge is 0.319 e. The third kappa shape index (κ3) is 5.18. The molecule has 11 heteroatoms. The number of amides is 2. The van der Waals surface area contributed by atoms with Crippen molar-refractivity contribution in [3.8, 4) is 6.01 Å². The Hall–Kier alpha value is -3.18. The molecule has 4 aliphatic rings. The van der Waals surface area contributed by atoms with Gasteiger partial charge in [-0.05, 0) is 63.7 Å². The van der Waals surface area contributed by atoms with Crippen LogP contribution in [0.3, 0.4) is 0 Å². The zero-order valence-corrected chi connectivity index (χ0v) is 24.5. The van der Waals surface area contributed by atoms with Crippen LogP contribution >= 0.6 is 11.8 Å². The number of likely N-dealkylation sites (tertiary alicyclic amines) is 1. The van der Waals surface area contributed by atoms with Gasteiger partial charge in [-0.3, -0.25) is 14.5 Å². The van der Waals surface area contributed by atoms with Crippen LogP contribution in [0.1, 0.15) is 49.4 Å². The Morgan fingerprint density at radius 2 is 2.07 bits per heavy atom. The number of carbonyl (C=O) groups is 2. The number of hydrogen-bond donors (Lipinski definition) is 1. The van der Waals surface area contributed by atoms with Gasteiger partial charge < -0.3 is 19.9 Å². The summed E-state index contributed by atoms with van der Waals surface area (Å²) < 4.78 is 19.8. The van der Waals surface area contributed by atoms with Crippen molar-refractivity contribution >= 4 is 35.1 Å². The summed E-state index contributed by atoms with van der Waals surface area (Å²) in [5, 5.41) is 3.61. The summed E-state index contributed by atoms with van der Waals surface area (Å²) in [6, 6.07) is 8.33. The molecule has 0 bridgehead atoms. The summed E-state index contributed by atoms with van der Waals surface area (Å²) in [5.74, 6) is -0.684. The van der Waals surface area contributed by atoms with Crippen molar-refractivity contribution in [1.82, 2.24) is 19.8 Å². The van der Waals surface area contributed by atoms with E-state index in [0.717, 1.165) is 43.5 Å². The van der Waals surface area contributed by atoms with Crippen LogP contribution in [-0.4, -0.2) is 82.2 Å². The van der Waals surface area contributed by atoms with Gasteiger partial charge in [0.1, 0.15) is 11.6 Å². The molecule has 1 N–H and O–H groups in total. The second-order valence-corrected chi connectivity index (χ2v) is 12.7. The predicted molar refractivity (Wildman–Crippen MR) is 158 cm³/mol. The van der Waals surface area contributed by atoms with E-state index >= 15 is 0 Å². The van der Waals surface area contributed by atoms with Gasteiger partial charge in [0.2, 0.25) is 5.91 Å². The molecule has 2 unspecified atom stereocenters. The number of ether oxygens (including phenoxy) is 1. The van der Waals surface area contributed by atoms with Gasteiger partial charge in [-0.2, -0.15) is 9.97 Å². The zero-order chi connectivity index (χ0) is 28.7. The van der Waals surface area contributed by atoms with E-state index in [-0.39, 0.29) is 18.0 Å². The number of carbonyl (C=O) groups excluding carboxylic acids is 2. The standard InChI is InChI=1S/C30H37FN6O3S/c1-19-17-36(27(38)20(2)31)14-15-37(19)26-25-23(32-29(34-26)40-18-41-24-11-7-13-35(24)3)16-30(28(39)33-25)12-6-9-21-8-4-5-10-22(21)30/h4-5,8,10,19,24H,2,6-7,9,11-18H2,1,3H3,(H,33,39)/t19-,24?,30?/m0/s1. The average Bonchev–Trinajstić information content (AvgIpc) is 3.37. The number of hydrogen-bond acceptors (Lipinski definition) is 8. The molecular formula is C30H37FN6O3S. The molecule has 2 fully saturated rings. The minimum atomic E-state index is -0.962. The Morgan fingerprint density at radius 1 is 1.24 bits per heavy atom. The number of fused-ring (bicyclic) bond motifs is 3. The van der Waals surface area contributed by atoms with Gasteiger partial charge in [-0.25, -0.2) is 4.39 Å². The lowest BCUT2D eigenvalue weighted by molar-refractivity contribution is -0.129. The van der Waals surface area contributed by atoms with Gasteiger partial charge in [0, 0.05) is 32.1 Å². The third-order valence-electron chi connectivity index (χ3n) is 8.99. The fourth-order valence-corrected chi connectivity index (χ4v) is 7.85. The van der Waals surface area contributed by atoms with Crippen LogP contribution in [0.4, 0.5) is 15.9 Å². The highest BCUT2D eigenvalue weighted by atomic mass is 32.2. The maximum atomic E-state index is 13.9. The maximum absolute atomic E-state index is 13.9. The summed E-state index contributed by atoms with van der Waals surface area (Å²) in [7, 11) is 2.13. The van der Waals surface area contributed by atoms with E-state index in [0.29, 0.717) is 48.9 Å². The number of aromatic nitrogens is 2. The molecule has 4 heterocycles. The first-order valence-corrected chi connectivity index (χ1v) is 15.5. The number of anilines is 2. The number of rotatable bonds is 6. The SMILES string of the molecule is C=C(F)C(=O)N1CCN(c2nc(OCSC3CCCN3C)nc3c2NC(=O)C2(CCCc4ccccc42)C3)[C@@H](C)C1. The molecule has 9 nitrogen and oxygen atoms in total. The lowest BCUT2D eigenvalue weighted by Gasteiger charge is -2.44. The van der Waals surface area contributed by atoms with Crippen LogP contribution in [-0.2, 0) is 27.8 Å². The summed E-state index contributed by atoms with van der Waals surface area (Å²) in [5.41, 5.74) is 2.95. The van der Waals surface area contributed by atoms with Crippen LogP contribution in [0.5, 0.6) is 6.01 Å².